The van der Waals surface area contributed by atoms with E-state index in [0.29, 0.717) is 12.6 Å². The number of aliphatic hydroxyl groups is 1. The third-order valence-electron chi connectivity index (χ3n) is 3.04. The molecular weight excluding hydrogens is 262 g/mol. The monoisotopic (exact) mass is 283 g/mol. The molecule has 0 radical (unpaired) electrons. The quantitative estimate of drug-likeness (QED) is 0.754. The summed E-state index contributed by atoms with van der Waals surface area (Å²) < 4.78 is 0. The molecule has 2 rings (SSSR count). The van der Waals surface area contributed by atoms with E-state index in [1.54, 1.807) is 0 Å². The highest BCUT2D eigenvalue weighted by atomic mass is 32.2. The molecular formula is C14H21NOS2. The van der Waals surface area contributed by atoms with Crippen LogP contribution >= 0.6 is 23.5 Å². The molecule has 0 aromatic heterocycles. The average molecular weight is 283 g/mol. The molecule has 0 bridgehead atoms. The number of nitrogens with one attached hydrogen (secondary N) is 1. The Morgan fingerprint density at radius 2 is 2.22 bits per heavy atom. The van der Waals surface area contributed by atoms with Gasteiger partial charge >= 0.3 is 0 Å². The van der Waals surface area contributed by atoms with Gasteiger partial charge in [-0.1, -0.05) is 18.2 Å². The van der Waals surface area contributed by atoms with Crippen LogP contribution in [-0.2, 0) is 0 Å². The number of thioether (sulfide) groups is 2. The lowest BCUT2D eigenvalue weighted by atomic mass is 10.0. The summed E-state index contributed by atoms with van der Waals surface area (Å²) in [6.07, 6.45) is 2.14. The largest absolute Gasteiger partial charge is 0.396 e. The molecule has 1 heterocycles. The maximum absolute atomic E-state index is 8.70. The van der Waals surface area contributed by atoms with Crippen molar-refractivity contribution in [3.05, 3.63) is 29.8 Å². The molecule has 18 heavy (non-hydrogen) atoms. The molecule has 0 amide bonds. The van der Waals surface area contributed by atoms with Gasteiger partial charge in [-0.3, -0.25) is 0 Å². The van der Waals surface area contributed by atoms with Crippen LogP contribution in [0.1, 0.15) is 24.4 Å². The number of hydrogen-bond donors (Lipinski definition) is 2. The van der Waals surface area contributed by atoms with E-state index in [1.165, 1.54) is 22.6 Å². The first-order valence-corrected chi connectivity index (χ1v) is 8.69. The molecule has 1 aromatic rings. The molecule has 0 aliphatic carbocycles. The number of benzene rings is 1. The molecule has 0 saturated carbocycles. The topological polar surface area (TPSA) is 32.3 Å². The summed E-state index contributed by atoms with van der Waals surface area (Å²) in [4.78, 5) is 1.44. The second-order valence-corrected chi connectivity index (χ2v) is 6.73. The molecule has 0 saturated heterocycles. The molecule has 0 fully saturated rings. The van der Waals surface area contributed by atoms with E-state index in [-0.39, 0.29) is 0 Å². The number of fused-ring (bicyclic) bond motifs is 1. The molecule has 0 spiro atoms. The zero-order valence-corrected chi connectivity index (χ0v) is 12.2. The Balaban J connectivity index is 1.74. The summed E-state index contributed by atoms with van der Waals surface area (Å²) in [7, 11) is 0. The van der Waals surface area contributed by atoms with E-state index in [1.807, 2.05) is 23.5 Å². The fraction of sp³-hybridized carbons (Fsp3) is 0.571. The van der Waals surface area contributed by atoms with Crippen molar-refractivity contribution >= 4 is 23.5 Å². The Bertz CT molecular complexity index is 359. The Morgan fingerprint density at radius 3 is 3.11 bits per heavy atom. The van der Waals surface area contributed by atoms with Gasteiger partial charge in [0.05, 0.1) is 0 Å². The normalized spacial score (nSPS) is 18.6. The summed E-state index contributed by atoms with van der Waals surface area (Å²) in [6.45, 7) is 1.37. The molecule has 4 heteroatoms. The average Bonchev–Trinajstić information content (AvgIpc) is 2.43. The first kappa shape index (κ1) is 14.3. The van der Waals surface area contributed by atoms with Crippen LogP contribution in [-0.4, -0.2) is 35.5 Å². The highest BCUT2D eigenvalue weighted by molar-refractivity contribution is 7.99. The Morgan fingerprint density at radius 1 is 1.33 bits per heavy atom. The maximum atomic E-state index is 8.70. The lowest BCUT2D eigenvalue weighted by Crippen LogP contribution is -2.26. The lowest BCUT2D eigenvalue weighted by Gasteiger charge is -2.25. The van der Waals surface area contributed by atoms with Gasteiger partial charge in [0.2, 0.25) is 0 Å². The van der Waals surface area contributed by atoms with Crippen molar-refractivity contribution in [1.29, 1.82) is 0 Å². The third-order valence-corrected chi connectivity index (χ3v) is 5.24. The van der Waals surface area contributed by atoms with Crippen LogP contribution < -0.4 is 5.32 Å². The van der Waals surface area contributed by atoms with Gasteiger partial charge in [-0.2, -0.15) is 11.8 Å². The fourth-order valence-electron chi connectivity index (χ4n) is 2.13. The standard InChI is InChI=1S/C14H21NOS2/c16-8-3-9-17-11-7-15-13-6-10-18-14-5-2-1-4-12(13)14/h1-2,4-5,13,15-16H,3,6-11H2. The van der Waals surface area contributed by atoms with Crippen molar-refractivity contribution in [2.75, 3.05) is 30.4 Å². The van der Waals surface area contributed by atoms with Gasteiger partial charge in [-0.25, -0.2) is 0 Å². The lowest BCUT2D eigenvalue weighted by molar-refractivity contribution is 0.296. The molecule has 1 atom stereocenters. The number of aliphatic hydroxyl groups excluding tert-OH is 1. The summed E-state index contributed by atoms with van der Waals surface area (Å²) in [6, 6.07) is 9.26. The van der Waals surface area contributed by atoms with Crippen molar-refractivity contribution < 1.29 is 5.11 Å². The predicted octanol–water partition coefficient (Wildman–Crippen LogP) is 2.93. The van der Waals surface area contributed by atoms with Gasteiger partial charge < -0.3 is 10.4 Å². The van der Waals surface area contributed by atoms with Crippen LogP contribution in [0.5, 0.6) is 0 Å². The van der Waals surface area contributed by atoms with Gasteiger partial charge in [0.1, 0.15) is 0 Å². The first-order chi connectivity index (χ1) is 8.92. The highest BCUT2D eigenvalue weighted by Crippen LogP contribution is 2.35. The summed E-state index contributed by atoms with van der Waals surface area (Å²) in [5.74, 6) is 3.41. The first-order valence-electron chi connectivity index (χ1n) is 6.55. The minimum absolute atomic E-state index is 0.313. The number of hydrogen-bond acceptors (Lipinski definition) is 4. The molecule has 1 aliphatic rings. The summed E-state index contributed by atoms with van der Waals surface area (Å²) in [5.41, 5.74) is 1.47. The van der Waals surface area contributed by atoms with Gasteiger partial charge in [0, 0.05) is 29.8 Å². The SMILES string of the molecule is OCCCSCCNC1CCSc2ccccc21. The van der Waals surface area contributed by atoms with Crippen molar-refractivity contribution in [2.24, 2.45) is 0 Å². The van der Waals surface area contributed by atoms with E-state index in [4.69, 9.17) is 5.11 Å². The summed E-state index contributed by atoms with van der Waals surface area (Å²) >= 11 is 3.89. The molecule has 1 aromatic carbocycles. The van der Waals surface area contributed by atoms with E-state index >= 15 is 0 Å². The molecule has 1 aliphatic heterocycles. The van der Waals surface area contributed by atoms with Gasteiger partial charge in [0.25, 0.3) is 0 Å². The zero-order valence-electron chi connectivity index (χ0n) is 10.6. The van der Waals surface area contributed by atoms with Crippen molar-refractivity contribution in [3.63, 3.8) is 0 Å². The minimum atomic E-state index is 0.313. The van der Waals surface area contributed by atoms with E-state index in [2.05, 4.69) is 29.6 Å². The predicted molar refractivity (Wildman–Crippen MR) is 81.6 cm³/mol. The smallest absolute Gasteiger partial charge is 0.0438 e. The van der Waals surface area contributed by atoms with Crippen LogP contribution in [0.15, 0.2) is 29.2 Å². The van der Waals surface area contributed by atoms with Crippen LogP contribution in [0.25, 0.3) is 0 Å². The molecule has 2 N–H and O–H groups in total. The Labute approximate surface area is 118 Å². The van der Waals surface area contributed by atoms with Gasteiger partial charge in [-0.15, -0.1) is 11.8 Å². The Hall–Kier alpha value is -0.160. The van der Waals surface area contributed by atoms with Crippen LogP contribution in [0.2, 0.25) is 0 Å². The fourth-order valence-corrected chi connectivity index (χ4v) is 4.05. The van der Waals surface area contributed by atoms with Crippen LogP contribution in [0.3, 0.4) is 0 Å². The maximum Gasteiger partial charge on any atom is 0.0438 e. The van der Waals surface area contributed by atoms with Crippen LogP contribution in [0, 0.1) is 0 Å². The van der Waals surface area contributed by atoms with Crippen molar-refractivity contribution in [3.8, 4) is 0 Å². The zero-order chi connectivity index (χ0) is 12.6. The number of rotatable bonds is 7. The van der Waals surface area contributed by atoms with Crippen LogP contribution in [0.4, 0.5) is 0 Å². The van der Waals surface area contributed by atoms with Gasteiger partial charge in [0.15, 0.2) is 0 Å². The van der Waals surface area contributed by atoms with E-state index in [0.717, 1.165) is 24.5 Å². The van der Waals surface area contributed by atoms with Crippen molar-refractivity contribution in [2.45, 2.75) is 23.8 Å². The Kier molecular flexibility index (Phi) is 6.41. The molecule has 1 unspecified atom stereocenters. The minimum Gasteiger partial charge on any atom is -0.396 e. The van der Waals surface area contributed by atoms with E-state index in [9.17, 15) is 0 Å². The van der Waals surface area contributed by atoms with Crippen molar-refractivity contribution in [1.82, 2.24) is 5.32 Å². The second-order valence-electron chi connectivity index (χ2n) is 4.37. The van der Waals surface area contributed by atoms with E-state index < -0.39 is 0 Å². The van der Waals surface area contributed by atoms with Gasteiger partial charge in [-0.05, 0) is 36.0 Å². The highest BCUT2D eigenvalue weighted by Gasteiger charge is 2.19. The molecule has 100 valence electrons. The third kappa shape index (κ3) is 4.19. The summed E-state index contributed by atoms with van der Waals surface area (Å²) in [5, 5.41) is 12.4. The molecule has 2 nitrogen and oxygen atoms in total. The second kappa shape index (κ2) is 8.10.